The highest BCUT2D eigenvalue weighted by molar-refractivity contribution is 9.10. The van der Waals surface area contributed by atoms with E-state index < -0.39 is 11.7 Å². The fourth-order valence-corrected chi connectivity index (χ4v) is 3.11. The van der Waals surface area contributed by atoms with Gasteiger partial charge >= 0.3 is 6.18 Å². The number of rotatable bonds is 2. The Hall–Kier alpha value is -0.750. The normalized spacial score (nSPS) is 30.1. The number of anilines is 1. The Labute approximate surface area is 111 Å². The van der Waals surface area contributed by atoms with Gasteiger partial charge in [-0.2, -0.15) is 13.2 Å². The molecule has 1 aromatic carbocycles. The van der Waals surface area contributed by atoms with Crippen LogP contribution in [0.15, 0.2) is 22.7 Å². The molecule has 2 N–H and O–H groups in total. The van der Waals surface area contributed by atoms with Gasteiger partial charge in [-0.25, -0.2) is 0 Å². The lowest BCUT2D eigenvalue weighted by Gasteiger charge is -2.13. The topological polar surface area (TPSA) is 24.1 Å². The van der Waals surface area contributed by atoms with Crippen molar-refractivity contribution in [3.8, 4) is 0 Å². The van der Waals surface area contributed by atoms with E-state index in [9.17, 15) is 13.2 Å². The molecule has 1 heterocycles. The van der Waals surface area contributed by atoms with Crippen molar-refractivity contribution in [2.24, 2.45) is 11.8 Å². The Morgan fingerprint density at radius 2 is 1.89 bits per heavy atom. The molecule has 2 nitrogen and oxygen atoms in total. The molecule has 2 unspecified atom stereocenters. The predicted octanol–water partition coefficient (Wildman–Crippen LogP) is 3.10. The van der Waals surface area contributed by atoms with Crippen LogP contribution in [0.3, 0.4) is 0 Å². The van der Waals surface area contributed by atoms with Gasteiger partial charge in [0.2, 0.25) is 0 Å². The second kappa shape index (κ2) is 4.13. The van der Waals surface area contributed by atoms with E-state index in [1.165, 1.54) is 6.07 Å². The van der Waals surface area contributed by atoms with E-state index in [1.807, 2.05) is 0 Å². The Kier molecular flexibility index (Phi) is 2.82. The second-order valence-corrected chi connectivity index (χ2v) is 5.70. The molecule has 1 aliphatic heterocycles. The van der Waals surface area contributed by atoms with Gasteiger partial charge < -0.3 is 10.6 Å². The van der Waals surface area contributed by atoms with E-state index in [0.29, 0.717) is 22.4 Å². The van der Waals surface area contributed by atoms with Gasteiger partial charge in [0.1, 0.15) is 0 Å². The highest BCUT2D eigenvalue weighted by Gasteiger charge is 2.53. The third kappa shape index (κ3) is 2.12. The minimum atomic E-state index is -4.29. The summed E-state index contributed by atoms with van der Waals surface area (Å²) in [6, 6.07) is 4.13. The number of hydrogen-bond donors (Lipinski definition) is 2. The quantitative estimate of drug-likeness (QED) is 0.875. The van der Waals surface area contributed by atoms with E-state index in [-0.39, 0.29) is 0 Å². The summed E-state index contributed by atoms with van der Waals surface area (Å²) >= 11 is 3.20. The molecule has 0 spiro atoms. The standard InChI is InChI=1S/C12H12BrF3N2/c13-9-3-6(12(14,15)16)1-2-10(9)18-11-7-4-17-5-8(7)11/h1-3,7-8,11,17-18H,4-5H2. The fourth-order valence-electron chi connectivity index (χ4n) is 2.62. The van der Waals surface area contributed by atoms with Crippen molar-refractivity contribution >= 4 is 21.6 Å². The van der Waals surface area contributed by atoms with Crippen LogP contribution < -0.4 is 10.6 Å². The van der Waals surface area contributed by atoms with Crippen molar-refractivity contribution in [3.63, 3.8) is 0 Å². The molecule has 1 aromatic rings. The molecule has 2 atom stereocenters. The van der Waals surface area contributed by atoms with Crippen molar-refractivity contribution in [1.82, 2.24) is 5.32 Å². The lowest BCUT2D eigenvalue weighted by molar-refractivity contribution is -0.137. The molecule has 1 aliphatic carbocycles. The number of alkyl halides is 3. The molecule has 0 radical (unpaired) electrons. The van der Waals surface area contributed by atoms with Gasteiger partial charge in [-0.1, -0.05) is 0 Å². The Balaban J connectivity index is 1.74. The fraction of sp³-hybridized carbons (Fsp3) is 0.500. The van der Waals surface area contributed by atoms with Gasteiger partial charge in [0.25, 0.3) is 0 Å². The summed E-state index contributed by atoms with van der Waals surface area (Å²) in [5.74, 6) is 1.25. The first-order chi connectivity index (χ1) is 8.47. The van der Waals surface area contributed by atoms with Crippen LogP contribution in [0.2, 0.25) is 0 Å². The summed E-state index contributed by atoms with van der Waals surface area (Å²) in [6.45, 7) is 2.00. The average Bonchev–Trinajstić information content (AvgIpc) is 2.73. The molecule has 98 valence electrons. The van der Waals surface area contributed by atoms with Crippen molar-refractivity contribution in [2.75, 3.05) is 18.4 Å². The lowest BCUT2D eigenvalue weighted by atomic mass is 10.2. The summed E-state index contributed by atoms with van der Waals surface area (Å²) in [5.41, 5.74) is 0.111. The van der Waals surface area contributed by atoms with Crippen LogP contribution in [0.4, 0.5) is 18.9 Å². The van der Waals surface area contributed by atoms with E-state index in [0.717, 1.165) is 30.9 Å². The van der Waals surface area contributed by atoms with Gasteiger partial charge in [-0.3, -0.25) is 0 Å². The van der Waals surface area contributed by atoms with E-state index in [2.05, 4.69) is 26.6 Å². The van der Waals surface area contributed by atoms with Crippen LogP contribution in [0.5, 0.6) is 0 Å². The van der Waals surface area contributed by atoms with Crippen LogP contribution >= 0.6 is 15.9 Å². The molecule has 1 saturated carbocycles. The monoisotopic (exact) mass is 320 g/mol. The summed E-state index contributed by atoms with van der Waals surface area (Å²) < 4.78 is 38.0. The molecule has 0 amide bonds. The summed E-state index contributed by atoms with van der Waals surface area (Å²) in [4.78, 5) is 0. The first-order valence-electron chi connectivity index (χ1n) is 5.81. The largest absolute Gasteiger partial charge is 0.416 e. The van der Waals surface area contributed by atoms with Gasteiger partial charge in [0.15, 0.2) is 0 Å². The van der Waals surface area contributed by atoms with Crippen molar-refractivity contribution < 1.29 is 13.2 Å². The van der Waals surface area contributed by atoms with Crippen molar-refractivity contribution in [3.05, 3.63) is 28.2 Å². The SMILES string of the molecule is FC(F)(F)c1ccc(NC2C3CNCC32)c(Br)c1. The van der Waals surface area contributed by atoms with Crippen molar-refractivity contribution in [1.29, 1.82) is 0 Å². The third-order valence-electron chi connectivity index (χ3n) is 3.71. The predicted molar refractivity (Wildman–Crippen MR) is 66.4 cm³/mol. The van der Waals surface area contributed by atoms with E-state index in [1.54, 1.807) is 0 Å². The molecule has 0 aromatic heterocycles. The Morgan fingerprint density at radius 1 is 1.22 bits per heavy atom. The maximum absolute atomic E-state index is 12.5. The molecule has 1 saturated heterocycles. The van der Waals surface area contributed by atoms with Crippen LogP contribution in [0.1, 0.15) is 5.56 Å². The zero-order valence-corrected chi connectivity index (χ0v) is 11.0. The second-order valence-electron chi connectivity index (χ2n) is 4.85. The molecule has 0 bridgehead atoms. The number of nitrogens with one attached hydrogen (secondary N) is 2. The van der Waals surface area contributed by atoms with Crippen molar-refractivity contribution in [2.45, 2.75) is 12.2 Å². The highest BCUT2D eigenvalue weighted by Crippen LogP contribution is 2.45. The van der Waals surface area contributed by atoms with Gasteiger partial charge in [-0.05, 0) is 46.0 Å². The first kappa shape index (κ1) is 12.3. The Morgan fingerprint density at radius 3 is 2.44 bits per heavy atom. The summed E-state index contributed by atoms with van der Waals surface area (Å²) in [5, 5.41) is 6.59. The van der Waals surface area contributed by atoms with E-state index in [4.69, 9.17) is 0 Å². The molecule has 18 heavy (non-hydrogen) atoms. The zero-order chi connectivity index (χ0) is 12.9. The minimum absolute atomic E-state index is 0.402. The zero-order valence-electron chi connectivity index (χ0n) is 9.39. The van der Waals surface area contributed by atoms with Gasteiger partial charge in [-0.15, -0.1) is 0 Å². The first-order valence-corrected chi connectivity index (χ1v) is 6.60. The third-order valence-corrected chi connectivity index (χ3v) is 4.37. The molecular formula is C12H12BrF3N2. The number of hydrogen-bond acceptors (Lipinski definition) is 2. The smallest absolute Gasteiger partial charge is 0.381 e. The average molecular weight is 321 g/mol. The number of benzene rings is 1. The molecule has 6 heteroatoms. The van der Waals surface area contributed by atoms with Gasteiger partial charge in [0.05, 0.1) is 5.56 Å². The van der Waals surface area contributed by atoms with Crippen LogP contribution in [-0.4, -0.2) is 19.1 Å². The van der Waals surface area contributed by atoms with Gasteiger partial charge in [0, 0.05) is 29.3 Å². The molecule has 2 aliphatic rings. The maximum Gasteiger partial charge on any atom is 0.416 e. The maximum atomic E-state index is 12.5. The highest BCUT2D eigenvalue weighted by atomic mass is 79.9. The summed E-state index contributed by atoms with van der Waals surface area (Å²) in [6.07, 6.45) is -4.29. The summed E-state index contributed by atoms with van der Waals surface area (Å²) in [7, 11) is 0. The molecule has 3 rings (SSSR count). The van der Waals surface area contributed by atoms with Crippen LogP contribution in [0.25, 0.3) is 0 Å². The number of halogens is 4. The number of fused-ring (bicyclic) bond motifs is 1. The lowest BCUT2D eigenvalue weighted by Crippen LogP contribution is -2.21. The Bertz CT molecular complexity index is 465. The molecular weight excluding hydrogens is 309 g/mol. The van der Waals surface area contributed by atoms with Crippen LogP contribution in [0, 0.1) is 11.8 Å². The molecule has 2 fully saturated rings. The minimum Gasteiger partial charge on any atom is -0.381 e. The number of piperidine rings is 1. The van der Waals surface area contributed by atoms with Crippen LogP contribution in [-0.2, 0) is 6.18 Å². The van der Waals surface area contributed by atoms with E-state index >= 15 is 0 Å².